The highest BCUT2D eigenvalue weighted by Gasteiger charge is 2.37. The van der Waals surface area contributed by atoms with Crippen LogP contribution in [0, 0.1) is 5.92 Å². The number of hydrogen-bond acceptors (Lipinski definition) is 3. The Balaban J connectivity index is 0.000000416. The number of carbonyl (C=O) groups excluding carboxylic acids is 1. The summed E-state index contributed by atoms with van der Waals surface area (Å²) in [4.78, 5) is 14.9. The first kappa shape index (κ1) is 20.4. The standard InChI is InChI=1S/C11H22O2.C4H7NO.C2H6/c1-3-11(4-2,13-12)10-8-6-5-7-9-10;6-4-2-1-3-5-4;1-2/h10,12H,3-9H2,1-2H3;1-3H2,(H,5,6);1-2H3. The molecule has 0 bridgehead atoms. The van der Waals surface area contributed by atoms with Crippen LogP contribution in [0.5, 0.6) is 0 Å². The van der Waals surface area contributed by atoms with Crippen LogP contribution in [0.2, 0.25) is 0 Å². The largest absolute Gasteiger partial charge is 0.356 e. The maximum atomic E-state index is 10.1. The van der Waals surface area contributed by atoms with Crippen LogP contribution in [0.15, 0.2) is 0 Å². The van der Waals surface area contributed by atoms with Crippen molar-refractivity contribution in [3.8, 4) is 0 Å². The summed E-state index contributed by atoms with van der Waals surface area (Å²) in [5, 5.41) is 11.7. The summed E-state index contributed by atoms with van der Waals surface area (Å²) in [7, 11) is 0. The Kier molecular flexibility index (Phi) is 11.6. The molecule has 0 aromatic heterocycles. The van der Waals surface area contributed by atoms with E-state index in [4.69, 9.17) is 10.1 Å². The zero-order chi connectivity index (χ0) is 16.1. The fourth-order valence-corrected chi connectivity index (χ4v) is 3.22. The highest BCUT2D eigenvalue weighted by atomic mass is 17.1. The van der Waals surface area contributed by atoms with Gasteiger partial charge in [0, 0.05) is 13.0 Å². The second-order valence-corrected chi connectivity index (χ2v) is 5.65. The van der Waals surface area contributed by atoms with Crippen LogP contribution < -0.4 is 5.32 Å². The van der Waals surface area contributed by atoms with Crippen LogP contribution >= 0.6 is 0 Å². The van der Waals surface area contributed by atoms with E-state index in [-0.39, 0.29) is 11.5 Å². The molecule has 21 heavy (non-hydrogen) atoms. The van der Waals surface area contributed by atoms with E-state index in [0.717, 1.165) is 32.2 Å². The van der Waals surface area contributed by atoms with Gasteiger partial charge in [0.05, 0.1) is 0 Å². The summed E-state index contributed by atoms with van der Waals surface area (Å²) in [6.45, 7) is 9.10. The first-order valence-corrected chi connectivity index (χ1v) is 8.77. The Morgan fingerprint density at radius 2 is 1.71 bits per heavy atom. The highest BCUT2D eigenvalue weighted by molar-refractivity contribution is 5.77. The van der Waals surface area contributed by atoms with Crippen molar-refractivity contribution in [3.63, 3.8) is 0 Å². The minimum Gasteiger partial charge on any atom is -0.356 e. The van der Waals surface area contributed by atoms with E-state index >= 15 is 0 Å². The average Bonchev–Trinajstić information content (AvgIpc) is 3.04. The molecule has 2 N–H and O–H groups in total. The molecule has 126 valence electrons. The van der Waals surface area contributed by atoms with Gasteiger partial charge in [-0.25, -0.2) is 4.89 Å². The molecule has 1 heterocycles. The Bertz CT molecular complexity index is 242. The third-order valence-corrected chi connectivity index (χ3v) is 4.63. The lowest BCUT2D eigenvalue weighted by Gasteiger charge is -2.38. The van der Waals surface area contributed by atoms with Crippen molar-refractivity contribution in [1.82, 2.24) is 5.32 Å². The van der Waals surface area contributed by atoms with Crippen LogP contribution in [0.4, 0.5) is 0 Å². The number of carbonyl (C=O) groups is 1. The second-order valence-electron chi connectivity index (χ2n) is 5.65. The smallest absolute Gasteiger partial charge is 0.220 e. The van der Waals surface area contributed by atoms with Gasteiger partial charge in [0.25, 0.3) is 0 Å². The van der Waals surface area contributed by atoms with Gasteiger partial charge in [-0.1, -0.05) is 47.0 Å². The number of amides is 1. The van der Waals surface area contributed by atoms with E-state index in [1.165, 1.54) is 32.1 Å². The lowest BCUT2D eigenvalue weighted by Crippen LogP contribution is -2.40. The van der Waals surface area contributed by atoms with Crippen LogP contribution in [0.1, 0.15) is 85.5 Å². The summed E-state index contributed by atoms with van der Waals surface area (Å²) in [5.41, 5.74) is -0.250. The molecule has 0 atom stereocenters. The maximum absolute atomic E-state index is 10.1. The topological polar surface area (TPSA) is 58.6 Å². The molecule has 2 rings (SSSR count). The van der Waals surface area contributed by atoms with Crippen LogP contribution in [0.25, 0.3) is 0 Å². The van der Waals surface area contributed by atoms with Gasteiger partial charge in [-0.05, 0) is 38.0 Å². The van der Waals surface area contributed by atoms with E-state index in [1.54, 1.807) is 0 Å². The summed E-state index contributed by atoms with van der Waals surface area (Å²) in [5.74, 6) is 0.774. The zero-order valence-electron chi connectivity index (χ0n) is 14.4. The number of hydrogen-bond donors (Lipinski definition) is 2. The van der Waals surface area contributed by atoms with Crippen LogP contribution in [-0.4, -0.2) is 23.3 Å². The molecule has 0 unspecified atom stereocenters. The van der Waals surface area contributed by atoms with Crippen LogP contribution in [0.3, 0.4) is 0 Å². The van der Waals surface area contributed by atoms with Crippen molar-refractivity contribution in [3.05, 3.63) is 0 Å². The third-order valence-electron chi connectivity index (χ3n) is 4.63. The first-order valence-electron chi connectivity index (χ1n) is 8.77. The molecule has 1 saturated heterocycles. The molecule has 0 radical (unpaired) electrons. The number of rotatable bonds is 4. The van der Waals surface area contributed by atoms with Crippen molar-refractivity contribution in [2.24, 2.45) is 5.92 Å². The van der Waals surface area contributed by atoms with Crippen molar-refractivity contribution in [1.29, 1.82) is 0 Å². The van der Waals surface area contributed by atoms with Gasteiger partial charge in [0.2, 0.25) is 5.91 Å². The van der Waals surface area contributed by atoms with Crippen molar-refractivity contribution < 1.29 is 14.9 Å². The fraction of sp³-hybridized carbons (Fsp3) is 0.941. The summed E-state index contributed by atoms with van der Waals surface area (Å²) in [6.07, 6.45) is 10.0. The maximum Gasteiger partial charge on any atom is 0.220 e. The normalized spacial score (nSPS) is 19.0. The van der Waals surface area contributed by atoms with Gasteiger partial charge in [-0.2, -0.15) is 0 Å². The van der Waals surface area contributed by atoms with Gasteiger partial charge in [0.15, 0.2) is 0 Å². The molecule has 4 nitrogen and oxygen atoms in total. The molecule has 1 aliphatic carbocycles. The Hall–Kier alpha value is -0.610. The van der Waals surface area contributed by atoms with E-state index in [1.807, 2.05) is 13.8 Å². The van der Waals surface area contributed by atoms with Crippen molar-refractivity contribution in [2.45, 2.75) is 91.1 Å². The van der Waals surface area contributed by atoms with Gasteiger partial charge in [-0.15, -0.1) is 0 Å². The lowest BCUT2D eigenvalue weighted by atomic mass is 9.74. The molecule has 1 saturated carbocycles. The molecule has 1 aliphatic heterocycles. The molecule has 2 aliphatic rings. The minimum absolute atomic E-state index is 0.204. The van der Waals surface area contributed by atoms with Gasteiger partial charge in [-0.3, -0.25) is 10.1 Å². The fourth-order valence-electron chi connectivity index (χ4n) is 3.22. The Morgan fingerprint density at radius 3 is 2.00 bits per heavy atom. The molecule has 0 aromatic rings. The molecule has 0 spiro atoms. The summed E-state index contributed by atoms with van der Waals surface area (Å²) < 4.78 is 0. The monoisotopic (exact) mass is 301 g/mol. The van der Waals surface area contributed by atoms with Crippen LogP contribution in [-0.2, 0) is 9.68 Å². The van der Waals surface area contributed by atoms with E-state index < -0.39 is 0 Å². The highest BCUT2D eigenvalue weighted by Crippen LogP contribution is 2.38. The number of nitrogens with one attached hydrogen (secondary N) is 1. The molecule has 2 fully saturated rings. The van der Waals surface area contributed by atoms with E-state index in [2.05, 4.69) is 19.2 Å². The van der Waals surface area contributed by atoms with Gasteiger partial charge >= 0.3 is 0 Å². The SMILES string of the molecule is CC.CCC(CC)(OO)C1CCCCC1.O=C1CCCN1. The minimum atomic E-state index is -0.250. The molecule has 4 heteroatoms. The van der Waals surface area contributed by atoms with E-state index in [9.17, 15) is 4.79 Å². The Morgan fingerprint density at radius 1 is 1.14 bits per heavy atom. The molecular weight excluding hydrogens is 266 g/mol. The predicted octanol–water partition coefficient (Wildman–Crippen LogP) is 4.54. The summed E-state index contributed by atoms with van der Waals surface area (Å²) >= 11 is 0. The molecular formula is C17H35NO3. The third kappa shape index (κ3) is 6.79. The first-order chi connectivity index (χ1) is 10.2. The molecule has 0 aromatic carbocycles. The summed E-state index contributed by atoms with van der Waals surface area (Å²) in [6, 6.07) is 0. The van der Waals surface area contributed by atoms with E-state index in [0.29, 0.717) is 5.92 Å². The lowest BCUT2D eigenvalue weighted by molar-refractivity contribution is -0.342. The molecule has 1 amide bonds. The van der Waals surface area contributed by atoms with Gasteiger partial charge < -0.3 is 5.32 Å². The zero-order valence-corrected chi connectivity index (χ0v) is 14.4. The predicted molar refractivity (Wildman–Crippen MR) is 87.2 cm³/mol. The van der Waals surface area contributed by atoms with Crippen molar-refractivity contribution >= 4 is 5.91 Å². The van der Waals surface area contributed by atoms with Crippen molar-refractivity contribution in [2.75, 3.05) is 6.54 Å². The average molecular weight is 301 g/mol. The second kappa shape index (κ2) is 12.0. The quantitative estimate of drug-likeness (QED) is 0.592. The van der Waals surface area contributed by atoms with Gasteiger partial charge in [0.1, 0.15) is 5.60 Å². The Labute approximate surface area is 130 Å².